The van der Waals surface area contributed by atoms with Crippen molar-refractivity contribution in [3.05, 3.63) is 82.4 Å². The van der Waals surface area contributed by atoms with Crippen molar-refractivity contribution in [1.82, 2.24) is 0 Å². The number of aryl methyl sites for hydroxylation is 3. The van der Waals surface area contributed by atoms with Crippen LogP contribution >= 0.6 is 0 Å². The molecular formula is C23H20O6. The van der Waals surface area contributed by atoms with Gasteiger partial charge in [-0.2, -0.15) is 0 Å². The van der Waals surface area contributed by atoms with Crippen LogP contribution in [0.1, 0.15) is 37.4 Å². The monoisotopic (exact) mass is 392 g/mol. The first-order valence-electron chi connectivity index (χ1n) is 8.89. The number of phenols is 2. The normalized spacial score (nSPS) is 10.4. The Labute approximate surface area is 168 Å². The number of esters is 2. The van der Waals surface area contributed by atoms with Gasteiger partial charge in [0.15, 0.2) is 0 Å². The van der Waals surface area contributed by atoms with E-state index in [1.807, 2.05) is 0 Å². The van der Waals surface area contributed by atoms with E-state index in [9.17, 15) is 19.8 Å². The minimum atomic E-state index is -0.559. The second-order valence-electron chi connectivity index (χ2n) is 6.71. The fraction of sp³-hybridized carbons (Fsp3) is 0.130. The van der Waals surface area contributed by atoms with Crippen LogP contribution in [0.25, 0.3) is 0 Å². The van der Waals surface area contributed by atoms with Crippen molar-refractivity contribution in [1.29, 1.82) is 0 Å². The highest BCUT2D eigenvalue weighted by atomic mass is 16.5. The Morgan fingerprint density at radius 2 is 1.17 bits per heavy atom. The van der Waals surface area contributed by atoms with E-state index in [4.69, 9.17) is 9.47 Å². The van der Waals surface area contributed by atoms with Gasteiger partial charge in [0, 0.05) is 0 Å². The fourth-order valence-corrected chi connectivity index (χ4v) is 2.69. The van der Waals surface area contributed by atoms with Gasteiger partial charge in [0.25, 0.3) is 0 Å². The molecule has 29 heavy (non-hydrogen) atoms. The predicted octanol–water partition coefficient (Wildman–Crippen LogP) is 4.46. The molecule has 0 atom stereocenters. The van der Waals surface area contributed by atoms with E-state index < -0.39 is 11.9 Å². The zero-order valence-corrected chi connectivity index (χ0v) is 16.2. The summed E-state index contributed by atoms with van der Waals surface area (Å²) in [6.45, 7) is 5.11. The van der Waals surface area contributed by atoms with Crippen LogP contribution in [-0.4, -0.2) is 22.2 Å². The van der Waals surface area contributed by atoms with Gasteiger partial charge >= 0.3 is 11.9 Å². The third kappa shape index (κ3) is 4.55. The Hall–Kier alpha value is -3.80. The highest BCUT2D eigenvalue weighted by Crippen LogP contribution is 2.26. The lowest BCUT2D eigenvalue weighted by Crippen LogP contribution is -2.11. The summed E-state index contributed by atoms with van der Waals surface area (Å²) >= 11 is 0. The molecule has 0 radical (unpaired) electrons. The standard InChI is InChI=1S/C23H20O6/c1-13-10-16(4-7-19(13)24)22(26)28-18-6-9-21(15(3)12-18)29-23(27)17-5-8-20(25)14(2)11-17/h4-12,24-25H,1-3H3. The fourth-order valence-electron chi connectivity index (χ4n) is 2.69. The molecule has 0 unspecified atom stereocenters. The van der Waals surface area contributed by atoms with Crippen LogP contribution in [0.3, 0.4) is 0 Å². The van der Waals surface area contributed by atoms with Crippen LogP contribution in [0.5, 0.6) is 23.0 Å². The van der Waals surface area contributed by atoms with Crippen LogP contribution in [0, 0.1) is 20.8 Å². The SMILES string of the molecule is Cc1cc(C(=O)Oc2ccc(OC(=O)c3ccc(O)c(C)c3)c(C)c2)ccc1O. The molecule has 0 aliphatic carbocycles. The highest BCUT2D eigenvalue weighted by Gasteiger charge is 2.14. The third-order valence-corrected chi connectivity index (χ3v) is 4.42. The summed E-state index contributed by atoms with van der Waals surface area (Å²) in [4.78, 5) is 24.6. The molecule has 0 bridgehead atoms. The van der Waals surface area contributed by atoms with Gasteiger partial charge < -0.3 is 19.7 Å². The first-order valence-corrected chi connectivity index (χ1v) is 8.89. The van der Waals surface area contributed by atoms with Crippen molar-refractivity contribution in [3.8, 4) is 23.0 Å². The van der Waals surface area contributed by atoms with Crippen LogP contribution in [0.15, 0.2) is 54.6 Å². The number of hydrogen-bond acceptors (Lipinski definition) is 6. The van der Waals surface area contributed by atoms with Gasteiger partial charge in [0.2, 0.25) is 0 Å². The number of phenolic OH excluding ortho intramolecular Hbond substituents is 2. The van der Waals surface area contributed by atoms with Crippen molar-refractivity contribution in [2.45, 2.75) is 20.8 Å². The molecule has 0 aromatic heterocycles. The average Bonchev–Trinajstić information content (AvgIpc) is 2.68. The van der Waals surface area contributed by atoms with E-state index >= 15 is 0 Å². The van der Waals surface area contributed by atoms with Crippen LogP contribution in [0.4, 0.5) is 0 Å². The molecule has 148 valence electrons. The lowest BCUT2D eigenvalue weighted by Gasteiger charge is -2.11. The number of carbonyl (C=O) groups is 2. The van der Waals surface area contributed by atoms with Gasteiger partial charge in [0.1, 0.15) is 23.0 Å². The first-order chi connectivity index (χ1) is 13.7. The quantitative estimate of drug-likeness (QED) is 0.503. The average molecular weight is 392 g/mol. The predicted molar refractivity (Wildman–Crippen MR) is 107 cm³/mol. The van der Waals surface area contributed by atoms with Gasteiger partial charge in [-0.1, -0.05) is 0 Å². The summed E-state index contributed by atoms with van der Waals surface area (Å²) in [5.41, 5.74) is 2.39. The number of hydrogen-bond donors (Lipinski definition) is 2. The maximum atomic E-state index is 12.3. The summed E-state index contributed by atoms with van der Waals surface area (Å²) in [7, 11) is 0. The molecule has 0 aliphatic heterocycles. The molecule has 3 aromatic rings. The third-order valence-electron chi connectivity index (χ3n) is 4.42. The zero-order chi connectivity index (χ0) is 21.1. The summed E-state index contributed by atoms with van der Waals surface area (Å²) in [5.74, 6) is -0.267. The molecule has 0 saturated heterocycles. The number of aromatic hydroxyl groups is 2. The van der Waals surface area contributed by atoms with Crippen molar-refractivity contribution in [2.24, 2.45) is 0 Å². The molecule has 0 fully saturated rings. The van der Waals surface area contributed by atoms with Gasteiger partial charge in [0.05, 0.1) is 11.1 Å². The number of rotatable bonds is 4. The number of ether oxygens (including phenoxy) is 2. The molecule has 0 amide bonds. The summed E-state index contributed by atoms with van der Waals surface area (Å²) in [5, 5.41) is 19.1. The molecule has 0 spiro atoms. The molecule has 6 heteroatoms. The van der Waals surface area contributed by atoms with E-state index in [2.05, 4.69) is 0 Å². The second kappa shape index (κ2) is 8.06. The van der Waals surface area contributed by atoms with E-state index in [-0.39, 0.29) is 11.5 Å². The van der Waals surface area contributed by atoms with Crippen molar-refractivity contribution in [2.75, 3.05) is 0 Å². The zero-order valence-electron chi connectivity index (χ0n) is 16.2. The maximum absolute atomic E-state index is 12.3. The smallest absolute Gasteiger partial charge is 0.343 e. The molecule has 3 rings (SSSR count). The molecule has 0 aliphatic rings. The van der Waals surface area contributed by atoms with Gasteiger partial charge in [-0.3, -0.25) is 0 Å². The first kappa shape index (κ1) is 19.9. The van der Waals surface area contributed by atoms with E-state index in [0.717, 1.165) is 0 Å². The highest BCUT2D eigenvalue weighted by molar-refractivity contribution is 5.92. The van der Waals surface area contributed by atoms with E-state index in [0.29, 0.717) is 39.3 Å². The molecular weight excluding hydrogens is 372 g/mol. The van der Waals surface area contributed by atoms with Crippen LogP contribution in [-0.2, 0) is 0 Å². The van der Waals surface area contributed by atoms with Crippen LogP contribution < -0.4 is 9.47 Å². The molecule has 0 saturated carbocycles. The topological polar surface area (TPSA) is 93.1 Å². The number of carbonyl (C=O) groups excluding carboxylic acids is 2. The van der Waals surface area contributed by atoms with Gasteiger partial charge in [-0.05, 0) is 92.1 Å². The number of benzene rings is 3. The summed E-state index contributed by atoms with van der Waals surface area (Å²) in [6.07, 6.45) is 0. The molecule has 2 N–H and O–H groups in total. The minimum Gasteiger partial charge on any atom is -0.508 e. The Bertz CT molecular complexity index is 1100. The molecule has 0 heterocycles. The second-order valence-corrected chi connectivity index (χ2v) is 6.71. The Kier molecular flexibility index (Phi) is 5.54. The van der Waals surface area contributed by atoms with Crippen molar-refractivity contribution >= 4 is 11.9 Å². The van der Waals surface area contributed by atoms with Gasteiger partial charge in [-0.25, -0.2) is 9.59 Å². The lowest BCUT2D eigenvalue weighted by molar-refractivity contribution is 0.0718. The lowest BCUT2D eigenvalue weighted by atomic mass is 10.1. The largest absolute Gasteiger partial charge is 0.508 e. The van der Waals surface area contributed by atoms with Crippen molar-refractivity contribution < 1.29 is 29.3 Å². The van der Waals surface area contributed by atoms with E-state index in [1.54, 1.807) is 45.0 Å². The van der Waals surface area contributed by atoms with Crippen molar-refractivity contribution in [3.63, 3.8) is 0 Å². The van der Waals surface area contributed by atoms with E-state index in [1.165, 1.54) is 30.3 Å². The summed E-state index contributed by atoms with van der Waals surface area (Å²) < 4.78 is 10.8. The Morgan fingerprint density at radius 3 is 1.66 bits per heavy atom. The Morgan fingerprint density at radius 1 is 0.655 bits per heavy atom. The maximum Gasteiger partial charge on any atom is 0.343 e. The van der Waals surface area contributed by atoms with Crippen LogP contribution in [0.2, 0.25) is 0 Å². The summed E-state index contributed by atoms with van der Waals surface area (Å²) in [6, 6.07) is 13.6. The Balaban J connectivity index is 1.72. The van der Waals surface area contributed by atoms with Gasteiger partial charge in [-0.15, -0.1) is 0 Å². The molecule has 6 nitrogen and oxygen atoms in total. The minimum absolute atomic E-state index is 0.104. The molecule has 3 aromatic carbocycles.